The number of aryl methyl sites for hydroxylation is 1. The minimum atomic E-state index is -0.675. The van der Waals surface area contributed by atoms with Crippen molar-refractivity contribution in [1.29, 1.82) is 0 Å². The Balaban J connectivity index is 2.17. The summed E-state index contributed by atoms with van der Waals surface area (Å²) in [5.74, 6) is 0.0935. The van der Waals surface area contributed by atoms with Crippen LogP contribution in [0.4, 0.5) is 0 Å². The number of benzene rings is 1. The van der Waals surface area contributed by atoms with Crippen molar-refractivity contribution in [3.8, 4) is 0 Å². The molecule has 0 radical (unpaired) electrons. The molecule has 1 aliphatic rings. The third kappa shape index (κ3) is 3.12. The van der Waals surface area contributed by atoms with Crippen LogP contribution in [-0.4, -0.2) is 11.1 Å². The van der Waals surface area contributed by atoms with Gasteiger partial charge in [0.2, 0.25) is 0 Å². The van der Waals surface area contributed by atoms with Crippen LogP contribution in [-0.2, 0) is 11.2 Å². The van der Waals surface area contributed by atoms with Crippen LogP contribution in [0.1, 0.15) is 56.1 Å². The molecule has 0 bridgehead atoms. The van der Waals surface area contributed by atoms with Crippen LogP contribution in [0.25, 0.3) is 0 Å². The second kappa shape index (κ2) is 6.03. The number of hydrogen-bond donors (Lipinski definition) is 1. The van der Waals surface area contributed by atoms with Gasteiger partial charge in [0, 0.05) is 0 Å². The van der Waals surface area contributed by atoms with Crippen LogP contribution in [0.3, 0.4) is 0 Å². The molecule has 1 unspecified atom stereocenters. The van der Waals surface area contributed by atoms with Gasteiger partial charge in [-0.25, -0.2) is 0 Å². The van der Waals surface area contributed by atoms with Gasteiger partial charge in [-0.05, 0) is 42.2 Å². The third-order valence-corrected chi connectivity index (χ3v) is 4.18. The lowest BCUT2D eigenvalue weighted by molar-refractivity contribution is -0.137. The summed E-state index contributed by atoms with van der Waals surface area (Å²) in [6, 6.07) is 8.54. The quantitative estimate of drug-likeness (QED) is 0.852. The van der Waals surface area contributed by atoms with Gasteiger partial charge in [-0.1, -0.05) is 44.0 Å². The smallest absolute Gasteiger partial charge is 0.303 e. The summed E-state index contributed by atoms with van der Waals surface area (Å²) in [5, 5.41) is 9.11. The molecular formula is C16H22O2. The van der Waals surface area contributed by atoms with E-state index in [0.29, 0.717) is 5.92 Å². The normalized spacial score (nSPS) is 17.8. The van der Waals surface area contributed by atoms with Gasteiger partial charge in [0.15, 0.2) is 0 Å². The maximum absolute atomic E-state index is 11.1. The predicted octanol–water partition coefficient (Wildman–Crippen LogP) is 4.00. The maximum Gasteiger partial charge on any atom is 0.303 e. The Morgan fingerprint density at radius 3 is 2.39 bits per heavy atom. The highest BCUT2D eigenvalue weighted by Gasteiger charge is 2.28. The third-order valence-electron chi connectivity index (χ3n) is 4.18. The fourth-order valence-corrected chi connectivity index (χ4v) is 3.11. The molecule has 1 N–H and O–H groups in total. The molecular weight excluding hydrogens is 224 g/mol. The van der Waals surface area contributed by atoms with E-state index in [-0.39, 0.29) is 12.3 Å². The molecule has 18 heavy (non-hydrogen) atoms. The van der Waals surface area contributed by atoms with Crippen LogP contribution in [0.5, 0.6) is 0 Å². The summed E-state index contributed by atoms with van der Waals surface area (Å²) >= 11 is 0. The lowest BCUT2D eigenvalue weighted by atomic mass is 9.82. The highest BCUT2D eigenvalue weighted by molar-refractivity contribution is 5.68. The Hall–Kier alpha value is -1.31. The highest BCUT2D eigenvalue weighted by Crippen LogP contribution is 2.39. The van der Waals surface area contributed by atoms with Crippen molar-refractivity contribution in [2.75, 3.05) is 0 Å². The fraction of sp³-hybridized carbons (Fsp3) is 0.562. The van der Waals surface area contributed by atoms with Crippen LogP contribution in [0.15, 0.2) is 24.3 Å². The van der Waals surface area contributed by atoms with E-state index >= 15 is 0 Å². The van der Waals surface area contributed by atoms with Gasteiger partial charge in [0.05, 0.1) is 6.42 Å². The number of hydrogen-bond acceptors (Lipinski definition) is 1. The Labute approximate surface area is 109 Å². The molecule has 2 nitrogen and oxygen atoms in total. The van der Waals surface area contributed by atoms with Crippen LogP contribution in [0.2, 0.25) is 0 Å². The first-order valence-electron chi connectivity index (χ1n) is 7.01. The van der Waals surface area contributed by atoms with Crippen LogP contribution < -0.4 is 0 Å². The molecule has 1 saturated carbocycles. The molecule has 2 heteroatoms. The molecule has 2 rings (SSSR count). The summed E-state index contributed by atoms with van der Waals surface area (Å²) in [6.45, 7) is 2.14. The van der Waals surface area contributed by atoms with E-state index in [1.165, 1.54) is 36.8 Å². The predicted molar refractivity (Wildman–Crippen MR) is 72.8 cm³/mol. The molecule has 1 aromatic rings. The summed E-state index contributed by atoms with van der Waals surface area (Å²) < 4.78 is 0. The molecule has 1 aliphatic carbocycles. The molecule has 0 aromatic heterocycles. The van der Waals surface area contributed by atoms with Gasteiger partial charge >= 0.3 is 5.97 Å². The average Bonchev–Trinajstić information content (AvgIpc) is 2.89. The summed E-state index contributed by atoms with van der Waals surface area (Å²) in [6.07, 6.45) is 6.20. The van der Waals surface area contributed by atoms with Gasteiger partial charge in [-0.2, -0.15) is 0 Å². The molecule has 0 aliphatic heterocycles. The second-order valence-electron chi connectivity index (χ2n) is 5.34. The largest absolute Gasteiger partial charge is 0.481 e. The number of carboxylic acids is 1. The van der Waals surface area contributed by atoms with E-state index in [0.717, 1.165) is 6.42 Å². The zero-order valence-corrected chi connectivity index (χ0v) is 11.1. The maximum atomic E-state index is 11.1. The first kappa shape index (κ1) is 13.1. The molecule has 1 fully saturated rings. The van der Waals surface area contributed by atoms with Crippen molar-refractivity contribution in [1.82, 2.24) is 0 Å². The van der Waals surface area contributed by atoms with Gasteiger partial charge in [0.1, 0.15) is 0 Å². The summed E-state index contributed by atoms with van der Waals surface area (Å²) in [5.41, 5.74) is 2.53. The molecule has 0 spiro atoms. The van der Waals surface area contributed by atoms with Crippen molar-refractivity contribution >= 4 is 5.97 Å². The van der Waals surface area contributed by atoms with Crippen molar-refractivity contribution in [2.45, 2.75) is 51.4 Å². The fourth-order valence-electron chi connectivity index (χ4n) is 3.11. The van der Waals surface area contributed by atoms with E-state index < -0.39 is 5.97 Å². The molecule has 0 saturated heterocycles. The number of aliphatic carboxylic acids is 1. The van der Waals surface area contributed by atoms with E-state index in [9.17, 15) is 4.79 Å². The Morgan fingerprint density at radius 2 is 1.89 bits per heavy atom. The van der Waals surface area contributed by atoms with Gasteiger partial charge < -0.3 is 5.11 Å². The number of rotatable bonds is 5. The minimum Gasteiger partial charge on any atom is -0.481 e. The lowest BCUT2D eigenvalue weighted by Crippen LogP contribution is -2.14. The monoisotopic (exact) mass is 246 g/mol. The summed E-state index contributed by atoms with van der Waals surface area (Å²) in [4.78, 5) is 11.1. The van der Waals surface area contributed by atoms with E-state index in [2.05, 4.69) is 31.2 Å². The minimum absolute atomic E-state index is 0.205. The van der Waals surface area contributed by atoms with Crippen molar-refractivity contribution in [3.63, 3.8) is 0 Å². The van der Waals surface area contributed by atoms with Gasteiger partial charge in [0.25, 0.3) is 0 Å². The van der Waals surface area contributed by atoms with Crippen molar-refractivity contribution < 1.29 is 9.90 Å². The topological polar surface area (TPSA) is 37.3 Å². The molecule has 98 valence electrons. The van der Waals surface area contributed by atoms with E-state index in [1.807, 2.05) is 0 Å². The number of carboxylic acid groups (broad SMARTS) is 1. The van der Waals surface area contributed by atoms with Gasteiger partial charge in [-0.15, -0.1) is 0 Å². The highest BCUT2D eigenvalue weighted by atomic mass is 16.4. The lowest BCUT2D eigenvalue weighted by Gasteiger charge is -2.22. The Kier molecular flexibility index (Phi) is 4.40. The molecule has 0 heterocycles. The molecule has 0 amide bonds. The van der Waals surface area contributed by atoms with Crippen molar-refractivity contribution in [3.05, 3.63) is 35.4 Å². The Bertz CT molecular complexity index is 388. The number of carbonyl (C=O) groups is 1. The first-order chi connectivity index (χ1) is 8.70. The average molecular weight is 246 g/mol. The van der Waals surface area contributed by atoms with E-state index in [4.69, 9.17) is 5.11 Å². The van der Waals surface area contributed by atoms with Gasteiger partial charge in [-0.3, -0.25) is 4.79 Å². The SMILES string of the molecule is CCc1ccc(C(CC(=O)O)C2CCCC2)cc1. The zero-order valence-electron chi connectivity index (χ0n) is 11.1. The van der Waals surface area contributed by atoms with E-state index in [1.54, 1.807) is 0 Å². The van der Waals surface area contributed by atoms with Crippen molar-refractivity contribution in [2.24, 2.45) is 5.92 Å². The Morgan fingerprint density at radius 1 is 1.28 bits per heavy atom. The first-order valence-corrected chi connectivity index (χ1v) is 7.01. The summed E-state index contributed by atoms with van der Waals surface area (Å²) in [7, 11) is 0. The zero-order chi connectivity index (χ0) is 13.0. The standard InChI is InChI=1S/C16H22O2/c1-2-12-7-9-14(10-8-12)15(11-16(17)18)13-5-3-4-6-13/h7-10,13,15H,2-6,11H2,1H3,(H,17,18). The molecule has 1 aromatic carbocycles. The van der Waals surface area contributed by atoms with Crippen LogP contribution in [0, 0.1) is 5.92 Å². The molecule has 1 atom stereocenters. The van der Waals surface area contributed by atoms with Crippen LogP contribution >= 0.6 is 0 Å². The second-order valence-corrected chi connectivity index (χ2v) is 5.34.